The van der Waals surface area contributed by atoms with Crippen LogP contribution in [0.25, 0.3) is 0 Å². The van der Waals surface area contributed by atoms with Crippen molar-refractivity contribution < 1.29 is 18.1 Å². The van der Waals surface area contributed by atoms with E-state index in [1.54, 1.807) is 19.1 Å². The van der Waals surface area contributed by atoms with Crippen molar-refractivity contribution in [3.05, 3.63) is 53.4 Å². The predicted molar refractivity (Wildman–Crippen MR) is 83.5 cm³/mol. The number of halogens is 1. The number of hydrogen-bond donors (Lipinski definition) is 0. The van der Waals surface area contributed by atoms with Gasteiger partial charge in [0.2, 0.25) is 0 Å². The first-order valence-electron chi connectivity index (χ1n) is 7.13. The van der Waals surface area contributed by atoms with E-state index in [2.05, 4.69) is 9.97 Å². The zero-order valence-corrected chi connectivity index (χ0v) is 13.3. The van der Waals surface area contributed by atoms with E-state index in [0.717, 1.165) is 6.20 Å². The Kier molecular flexibility index (Phi) is 4.47. The minimum atomic E-state index is -0.790. The second-order valence-corrected chi connectivity index (χ2v) is 6.96. The molecule has 0 radical (unpaired) electrons. The van der Waals surface area contributed by atoms with Crippen molar-refractivity contribution in [2.45, 2.75) is 19.4 Å². The smallest absolute Gasteiger partial charge is 0.187 e. The van der Waals surface area contributed by atoms with Crippen molar-refractivity contribution in [3.63, 3.8) is 0 Å². The lowest BCUT2D eigenvalue weighted by Gasteiger charge is -2.26. The van der Waals surface area contributed by atoms with Crippen LogP contribution in [0.5, 0.6) is 5.75 Å². The molecular formula is C16H15FN2O3S. The highest BCUT2D eigenvalue weighted by molar-refractivity contribution is 7.86. The highest BCUT2D eigenvalue weighted by Gasteiger charge is 2.27. The molecule has 1 fully saturated rings. The van der Waals surface area contributed by atoms with E-state index in [1.807, 2.05) is 0 Å². The largest absolute Gasteiger partial charge is 0.488 e. The average Bonchev–Trinajstić information content (AvgIpc) is 2.47. The van der Waals surface area contributed by atoms with Crippen LogP contribution in [0.4, 0.5) is 4.39 Å². The predicted octanol–water partition coefficient (Wildman–Crippen LogP) is 1.86. The molecule has 0 spiro atoms. The Morgan fingerprint density at radius 1 is 1.39 bits per heavy atom. The monoisotopic (exact) mass is 334 g/mol. The highest BCUT2D eigenvalue weighted by Crippen LogP contribution is 2.20. The number of nitrogens with zero attached hydrogens (tertiary/aromatic N) is 2. The van der Waals surface area contributed by atoms with Gasteiger partial charge in [-0.2, -0.15) is 0 Å². The van der Waals surface area contributed by atoms with Gasteiger partial charge >= 0.3 is 0 Å². The maximum Gasteiger partial charge on any atom is 0.187 e. The number of carbonyl (C=O) groups excluding carboxylic acids is 1. The van der Waals surface area contributed by atoms with Gasteiger partial charge in [0.25, 0.3) is 0 Å². The molecular weight excluding hydrogens is 319 g/mol. The highest BCUT2D eigenvalue weighted by atomic mass is 32.2. The van der Waals surface area contributed by atoms with Crippen molar-refractivity contribution in [1.82, 2.24) is 9.97 Å². The Bertz CT molecular complexity index is 756. The van der Waals surface area contributed by atoms with Gasteiger partial charge < -0.3 is 4.74 Å². The molecule has 23 heavy (non-hydrogen) atoms. The Morgan fingerprint density at radius 2 is 2.17 bits per heavy atom. The third kappa shape index (κ3) is 3.98. The number of carbonyl (C=O) groups is 1. The molecule has 0 amide bonds. The molecule has 5 nitrogen and oxygen atoms in total. The number of Topliss-reactive ketones (excluding diaryl/α,β-unsaturated/α-hetero) is 1. The molecule has 1 aliphatic rings. The molecule has 1 saturated heterocycles. The summed E-state index contributed by atoms with van der Waals surface area (Å²) in [5, 5.41) is 0. The van der Waals surface area contributed by atoms with E-state index in [4.69, 9.17) is 4.74 Å². The quantitative estimate of drug-likeness (QED) is 0.781. The third-order valence-corrected chi connectivity index (χ3v) is 4.88. The van der Waals surface area contributed by atoms with E-state index in [9.17, 15) is 13.4 Å². The Hall–Kier alpha value is -2.15. The van der Waals surface area contributed by atoms with Crippen molar-refractivity contribution >= 4 is 16.6 Å². The first-order chi connectivity index (χ1) is 11.0. The number of pyridine rings is 2. The average molecular weight is 334 g/mol. The fourth-order valence-corrected chi connectivity index (χ4v) is 3.11. The summed E-state index contributed by atoms with van der Waals surface area (Å²) in [5.41, 5.74) is 1.43. The second kappa shape index (κ2) is 6.54. The van der Waals surface area contributed by atoms with Gasteiger partial charge in [0, 0.05) is 34.3 Å². The molecule has 0 unspecified atom stereocenters. The van der Waals surface area contributed by atoms with Gasteiger partial charge in [-0.1, -0.05) is 0 Å². The number of aryl methyl sites for hydroxylation is 1. The van der Waals surface area contributed by atoms with E-state index < -0.39 is 16.6 Å². The summed E-state index contributed by atoms with van der Waals surface area (Å²) in [5.74, 6) is 0.932. The second-order valence-electron chi connectivity index (χ2n) is 5.41. The fourth-order valence-electron chi connectivity index (χ4n) is 2.24. The molecule has 7 heteroatoms. The molecule has 0 N–H and O–H groups in total. The van der Waals surface area contributed by atoms with Gasteiger partial charge in [0.1, 0.15) is 23.4 Å². The normalized spacial score (nSPS) is 19.9. The maximum atomic E-state index is 12.8. The van der Waals surface area contributed by atoms with Crippen LogP contribution in [0.3, 0.4) is 0 Å². The van der Waals surface area contributed by atoms with Crippen molar-refractivity contribution in [1.29, 1.82) is 0 Å². The summed E-state index contributed by atoms with van der Waals surface area (Å²) >= 11 is 0. The summed E-state index contributed by atoms with van der Waals surface area (Å²) in [7, 11) is -0.790. The van der Waals surface area contributed by atoms with Crippen molar-refractivity contribution in [2.24, 2.45) is 0 Å². The van der Waals surface area contributed by atoms with Crippen LogP contribution in [0.15, 0.2) is 30.5 Å². The van der Waals surface area contributed by atoms with Crippen molar-refractivity contribution in [3.8, 4) is 5.75 Å². The Labute approximate surface area is 135 Å². The fraction of sp³-hybridized carbons (Fsp3) is 0.312. The van der Waals surface area contributed by atoms with Crippen LogP contribution in [0, 0.1) is 12.7 Å². The molecule has 120 valence electrons. The minimum absolute atomic E-state index is 0.0453. The first-order valence-corrected chi connectivity index (χ1v) is 8.62. The van der Waals surface area contributed by atoms with Crippen molar-refractivity contribution in [2.75, 3.05) is 11.5 Å². The summed E-state index contributed by atoms with van der Waals surface area (Å²) in [6, 6.07) is 6.07. The van der Waals surface area contributed by atoms with Crippen LogP contribution >= 0.6 is 0 Å². The molecule has 2 aromatic heterocycles. The summed E-state index contributed by atoms with van der Waals surface area (Å²) in [6.45, 7) is 1.78. The molecule has 0 aliphatic carbocycles. The van der Waals surface area contributed by atoms with E-state index in [0.29, 0.717) is 28.6 Å². The van der Waals surface area contributed by atoms with E-state index in [1.165, 1.54) is 12.1 Å². The standard InChI is InChI=1S/C16H15FN2O3S/c1-10-4-13(22-14-8-23(21)9-14)6-15(19-10)16(20)5-12-3-2-11(17)7-18-12/h2-4,6-7,14H,5,8-9H2,1H3. The molecule has 1 aliphatic heterocycles. The summed E-state index contributed by atoms with van der Waals surface area (Å²) < 4.78 is 29.7. The van der Waals surface area contributed by atoms with Gasteiger partial charge in [-0.15, -0.1) is 0 Å². The number of ether oxygens (including phenoxy) is 1. The SMILES string of the molecule is Cc1cc(OC2CS(=O)C2)cc(C(=O)Cc2ccc(F)cn2)n1. The summed E-state index contributed by atoms with van der Waals surface area (Å²) in [4.78, 5) is 20.4. The van der Waals surface area contributed by atoms with Gasteiger partial charge in [0.15, 0.2) is 5.78 Å². The molecule has 0 saturated carbocycles. The zero-order valence-electron chi connectivity index (χ0n) is 12.5. The van der Waals surface area contributed by atoms with Crippen LogP contribution < -0.4 is 4.74 Å². The summed E-state index contributed by atoms with van der Waals surface area (Å²) in [6.07, 6.45) is 1.06. The lowest BCUT2D eigenvalue weighted by Crippen LogP contribution is -2.41. The Balaban J connectivity index is 1.73. The Morgan fingerprint density at radius 3 is 2.83 bits per heavy atom. The lowest BCUT2D eigenvalue weighted by atomic mass is 10.1. The van der Waals surface area contributed by atoms with Gasteiger partial charge in [-0.25, -0.2) is 9.37 Å². The van der Waals surface area contributed by atoms with Gasteiger partial charge in [-0.3, -0.25) is 14.0 Å². The van der Waals surface area contributed by atoms with Gasteiger partial charge in [-0.05, 0) is 19.1 Å². The molecule has 0 bridgehead atoms. The molecule has 0 aromatic carbocycles. The topological polar surface area (TPSA) is 69.2 Å². The van der Waals surface area contributed by atoms with E-state index >= 15 is 0 Å². The number of ketones is 1. The van der Waals surface area contributed by atoms with Crippen LogP contribution in [-0.2, 0) is 17.2 Å². The van der Waals surface area contributed by atoms with Crippen LogP contribution in [0.2, 0.25) is 0 Å². The third-order valence-electron chi connectivity index (χ3n) is 3.39. The molecule has 0 atom stereocenters. The number of aromatic nitrogens is 2. The molecule has 3 rings (SSSR count). The minimum Gasteiger partial charge on any atom is -0.488 e. The zero-order chi connectivity index (χ0) is 16.4. The maximum absolute atomic E-state index is 12.8. The molecule has 3 heterocycles. The van der Waals surface area contributed by atoms with Crippen LogP contribution in [-0.4, -0.2) is 37.6 Å². The number of hydrogen-bond acceptors (Lipinski definition) is 5. The number of rotatable bonds is 5. The van der Waals surface area contributed by atoms with Crippen LogP contribution in [0.1, 0.15) is 21.9 Å². The molecule has 2 aromatic rings. The lowest BCUT2D eigenvalue weighted by molar-refractivity contribution is 0.0986. The first kappa shape index (κ1) is 15.7. The van der Waals surface area contributed by atoms with Gasteiger partial charge in [0.05, 0.1) is 24.1 Å². The van der Waals surface area contributed by atoms with E-state index in [-0.39, 0.29) is 24.0 Å².